The van der Waals surface area contributed by atoms with E-state index in [2.05, 4.69) is 17.4 Å². The molecule has 122 valence electrons. The topological polar surface area (TPSA) is 41.6 Å². The number of nitrogens with one attached hydrogen (secondary N) is 1. The lowest BCUT2D eigenvalue weighted by Gasteiger charge is -2.18. The molecule has 0 saturated heterocycles. The first kappa shape index (κ1) is 16.9. The van der Waals surface area contributed by atoms with Crippen LogP contribution >= 0.6 is 0 Å². The Morgan fingerprint density at radius 3 is 2.57 bits per heavy atom. The van der Waals surface area contributed by atoms with Crippen molar-refractivity contribution in [3.63, 3.8) is 0 Å². The molecule has 0 aromatic heterocycles. The highest BCUT2D eigenvalue weighted by Gasteiger charge is 2.08. The quantitative estimate of drug-likeness (QED) is 0.795. The number of hydrogen-bond donors (Lipinski definition) is 1. The fourth-order valence-corrected chi connectivity index (χ4v) is 2.38. The molecule has 4 heteroatoms. The van der Waals surface area contributed by atoms with E-state index in [0.717, 1.165) is 24.2 Å². The van der Waals surface area contributed by atoms with Crippen LogP contribution in [0.4, 0.5) is 4.79 Å². The van der Waals surface area contributed by atoms with E-state index in [-0.39, 0.29) is 6.03 Å². The molecule has 0 fully saturated rings. The van der Waals surface area contributed by atoms with Crippen LogP contribution in [0.2, 0.25) is 0 Å². The average molecular weight is 312 g/mol. The van der Waals surface area contributed by atoms with Crippen LogP contribution in [0.3, 0.4) is 0 Å². The molecular weight excluding hydrogens is 288 g/mol. The Hall–Kier alpha value is -2.49. The fourth-order valence-electron chi connectivity index (χ4n) is 2.38. The van der Waals surface area contributed by atoms with Gasteiger partial charge in [-0.25, -0.2) is 4.79 Å². The molecule has 2 rings (SSSR count). The first-order chi connectivity index (χ1) is 11.2. The summed E-state index contributed by atoms with van der Waals surface area (Å²) in [6, 6.07) is 18.0. The second-order valence-electron chi connectivity index (χ2n) is 5.53. The highest BCUT2D eigenvalue weighted by molar-refractivity contribution is 5.73. The minimum Gasteiger partial charge on any atom is -0.497 e. The summed E-state index contributed by atoms with van der Waals surface area (Å²) < 4.78 is 5.20. The molecule has 4 nitrogen and oxygen atoms in total. The fraction of sp³-hybridized carbons (Fsp3) is 0.316. The maximum atomic E-state index is 12.1. The maximum absolute atomic E-state index is 12.1. The van der Waals surface area contributed by atoms with E-state index in [1.807, 2.05) is 42.5 Å². The van der Waals surface area contributed by atoms with Gasteiger partial charge in [0.05, 0.1) is 7.11 Å². The molecule has 0 unspecified atom stereocenters. The van der Waals surface area contributed by atoms with Gasteiger partial charge in [-0.3, -0.25) is 0 Å². The van der Waals surface area contributed by atoms with Crippen LogP contribution in [0.5, 0.6) is 5.75 Å². The minimum atomic E-state index is -0.0547. The van der Waals surface area contributed by atoms with Gasteiger partial charge in [0, 0.05) is 20.1 Å². The molecule has 0 atom stereocenters. The van der Waals surface area contributed by atoms with E-state index in [1.54, 1.807) is 19.1 Å². The van der Waals surface area contributed by atoms with E-state index in [4.69, 9.17) is 4.74 Å². The second-order valence-corrected chi connectivity index (χ2v) is 5.53. The van der Waals surface area contributed by atoms with Gasteiger partial charge < -0.3 is 15.0 Å². The Labute approximate surface area is 138 Å². The molecule has 0 aliphatic heterocycles. The summed E-state index contributed by atoms with van der Waals surface area (Å²) in [5.41, 5.74) is 2.35. The average Bonchev–Trinajstić information content (AvgIpc) is 2.59. The normalized spacial score (nSPS) is 10.2. The van der Waals surface area contributed by atoms with Crippen LogP contribution in [-0.4, -0.2) is 31.6 Å². The van der Waals surface area contributed by atoms with Crippen LogP contribution < -0.4 is 10.1 Å². The lowest BCUT2D eigenvalue weighted by molar-refractivity contribution is 0.206. The van der Waals surface area contributed by atoms with Crippen molar-refractivity contribution in [3.8, 4) is 5.75 Å². The molecule has 0 saturated carbocycles. The molecule has 0 radical (unpaired) electrons. The van der Waals surface area contributed by atoms with Gasteiger partial charge in [0.25, 0.3) is 0 Å². The predicted octanol–water partition coefficient (Wildman–Crippen LogP) is 3.47. The number of carbonyl (C=O) groups excluding carboxylic acids is 1. The zero-order valence-electron chi connectivity index (χ0n) is 13.8. The van der Waals surface area contributed by atoms with Crippen molar-refractivity contribution in [1.29, 1.82) is 0 Å². The van der Waals surface area contributed by atoms with E-state index in [1.165, 1.54) is 5.56 Å². The molecular formula is C19H24N2O2. The monoisotopic (exact) mass is 312 g/mol. The van der Waals surface area contributed by atoms with Gasteiger partial charge >= 0.3 is 6.03 Å². The van der Waals surface area contributed by atoms with Gasteiger partial charge in [-0.1, -0.05) is 42.5 Å². The Kier molecular flexibility index (Phi) is 6.48. The van der Waals surface area contributed by atoms with Crippen molar-refractivity contribution in [1.82, 2.24) is 10.2 Å². The predicted molar refractivity (Wildman–Crippen MR) is 92.6 cm³/mol. The third-order valence-corrected chi connectivity index (χ3v) is 3.66. The number of aryl methyl sites for hydroxylation is 1. The summed E-state index contributed by atoms with van der Waals surface area (Å²) in [6.45, 7) is 1.23. The zero-order chi connectivity index (χ0) is 16.5. The number of amides is 2. The molecule has 0 aliphatic carbocycles. The Bertz CT molecular complexity index is 614. The summed E-state index contributed by atoms with van der Waals surface area (Å²) in [5.74, 6) is 0.805. The molecule has 2 aromatic rings. The first-order valence-electron chi connectivity index (χ1n) is 7.85. The summed E-state index contributed by atoms with van der Waals surface area (Å²) in [7, 11) is 3.44. The van der Waals surface area contributed by atoms with Crippen LogP contribution in [0.15, 0.2) is 54.6 Å². The third-order valence-electron chi connectivity index (χ3n) is 3.66. The number of urea groups is 1. The zero-order valence-corrected chi connectivity index (χ0v) is 13.8. The van der Waals surface area contributed by atoms with Gasteiger partial charge in [-0.15, -0.1) is 0 Å². The molecule has 1 N–H and O–H groups in total. The van der Waals surface area contributed by atoms with E-state index < -0.39 is 0 Å². The summed E-state index contributed by atoms with van der Waals surface area (Å²) in [5, 5.41) is 2.96. The van der Waals surface area contributed by atoms with Crippen LogP contribution in [-0.2, 0) is 13.0 Å². The van der Waals surface area contributed by atoms with Gasteiger partial charge in [0.2, 0.25) is 0 Å². The standard InChI is InChI=1S/C19H24N2O2/c1-21(15-17-10-6-12-18(14-17)23-2)19(22)20-13-7-11-16-8-4-3-5-9-16/h3-6,8-10,12,14H,7,11,13,15H2,1-2H3,(H,20,22). The van der Waals surface area contributed by atoms with Crippen molar-refractivity contribution in [2.75, 3.05) is 20.7 Å². The van der Waals surface area contributed by atoms with Gasteiger partial charge in [-0.2, -0.15) is 0 Å². The van der Waals surface area contributed by atoms with Crippen LogP contribution in [0, 0.1) is 0 Å². The van der Waals surface area contributed by atoms with Crippen molar-refractivity contribution < 1.29 is 9.53 Å². The first-order valence-corrected chi connectivity index (χ1v) is 7.85. The summed E-state index contributed by atoms with van der Waals surface area (Å²) >= 11 is 0. The Morgan fingerprint density at radius 1 is 1.09 bits per heavy atom. The highest BCUT2D eigenvalue weighted by atomic mass is 16.5. The molecule has 2 amide bonds. The summed E-state index contributed by atoms with van der Waals surface area (Å²) in [4.78, 5) is 13.8. The van der Waals surface area contributed by atoms with Crippen LogP contribution in [0.1, 0.15) is 17.5 Å². The van der Waals surface area contributed by atoms with E-state index >= 15 is 0 Å². The number of hydrogen-bond acceptors (Lipinski definition) is 2. The molecule has 0 aliphatic rings. The number of ether oxygens (including phenoxy) is 1. The largest absolute Gasteiger partial charge is 0.497 e. The van der Waals surface area contributed by atoms with E-state index in [9.17, 15) is 4.79 Å². The van der Waals surface area contributed by atoms with Gasteiger partial charge in [0.15, 0.2) is 0 Å². The third kappa shape index (κ3) is 5.66. The van der Waals surface area contributed by atoms with Crippen molar-refractivity contribution >= 4 is 6.03 Å². The van der Waals surface area contributed by atoms with Crippen molar-refractivity contribution in [2.45, 2.75) is 19.4 Å². The molecule has 2 aromatic carbocycles. The number of rotatable bonds is 7. The van der Waals surface area contributed by atoms with E-state index in [0.29, 0.717) is 13.1 Å². The molecule has 0 spiro atoms. The number of nitrogens with zero attached hydrogens (tertiary/aromatic N) is 1. The maximum Gasteiger partial charge on any atom is 0.317 e. The number of benzene rings is 2. The number of carbonyl (C=O) groups is 1. The lowest BCUT2D eigenvalue weighted by Crippen LogP contribution is -2.37. The number of methoxy groups -OCH3 is 1. The van der Waals surface area contributed by atoms with Gasteiger partial charge in [-0.05, 0) is 36.1 Å². The van der Waals surface area contributed by atoms with Crippen molar-refractivity contribution in [3.05, 3.63) is 65.7 Å². The molecule has 23 heavy (non-hydrogen) atoms. The van der Waals surface area contributed by atoms with Crippen molar-refractivity contribution in [2.24, 2.45) is 0 Å². The molecule has 0 heterocycles. The molecule has 0 bridgehead atoms. The summed E-state index contributed by atoms with van der Waals surface area (Å²) in [6.07, 6.45) is 1.91. The second kappa shape index (κ2) is 8.83. The Morgan fingerprint density at radius 2 is 1.83 bits per heavy atom. The SMILES string of the molecule is COc1cccc(CN(C)C(=O)NCCCc2ccccc2)c1. The van der Waals surface area contributed by atoms with Gasteiger partial charge in [0.1, 0.15) is 5.75 Å². The Balaban J connectivity index is 1.72. The highest BCUT2D eigenvalue weighted by Crippen LogP contribution is 2.13. The minimum absolute atomic E-state index is 0.0547. The smallest absolute Gasteiger partial charge is 0.317 e. The lowest BCUT2D eigenvalue weighted by atomic mass is 10.1. The van der Waals surface area contributed by atoms with Crippen LogP contribution in [0.25, 0.3) is 0 Å².